The molecule has 1 aliphatic rings. The lowest BCUT2D eigenvalue weighted by molar-refractivity contribution is -0.132. The van der Waals surface area contributed by atoms with Crippen LogP contribution >= 0.6 is 0 Å². The van der Waals surface area contributed by atoms with Gasteiger partial charge in [-0.25, -0.2) is 9.48 Å². The van der Waals surface area contributed by atoms with Crippen molar-refractivity contribution in [1.29, 1.82) is 0 Å². The molecule has 1 N–H and O–H groups in total. The van der Waals surface area contributed by atoms with Crippen LogP contribution in [0.5, 0.6) is 0 Å². The zero-order valence-corrected chi connectivity index (χ0v) is 12.0. The summed E-state index contributed by atoms with van der Waals surface area (Å²) in [6.07, 6.45) is 5.08. The van der Waals surface area contributed by atoms with E-state index < -0.39 is 5.97 Å². The van der Waals surface area contributed by atoms with E-state index in [0.29, 0.717) is 12.0 Å². The number of carbonyl (C=O) groups is 1. The molecule has 0 bridgehead atoms. The van der Waals surface area contributed by atoms with Gasteiger partial charge in [0.25, 0.3) is 0 Å². The van der Waals surface area contributed by atoms with Gasteiger partial charge in [-0.3, -0.25) is 0 Å². The maximum Gasteiger partial charge on any atom is 0.331 e. The lowest BCUT2D eigenvalue weighted by Gasteiger charge is -2.19. The van der Waals surface area contributed by atoms with Gasteiger partial charge in [-0.15, -0.1) is 0 Å². The fourth-order valence-electron chi connectivity index (χ4n) is 3.03. The van der Waals surface area contributed by atoms with E-state index in [0.717, 1.165) is 41.8 Å². The molecule has 2 aromatic rings. The highest BCUT2D eigenvalue weighted by Gasteiger charge is 2.24. The van der Waals surface area contributed by atoms with Gasteiger partial charge >= 0.3 is 5.97 Å². The average Bonchev–Trinajstić information content (AvgIpc) is 2.93. The van der Waals surface area contributed by atoms with Crippen LogP contribution in [0.4, 0.5) is 0 Å². The average molecular weight is 282 g/mol. The molecule has 1 heterocycles. The second-order valence-corrected chi connectivity index (χ2v) is 5.22. The van der Waals surface area contributed by atoms with E-state index in [1.165, 1.54) is 0 Å². The largest absolute Gasteiger partial charge is 0.478 e. The summed E-state index contributed by atoms with van der Waals surface area (Å²) in [5.41, 5.74) is 4.62. The predicted octanol–water partition coefficient (Wildman–Crippen LogP) is 3.46. The second kappa shape index (κ2) is 5.56. The molecular weight excluding hydrogens is 264 g/mol. The number of nitrogens with zero attached hydrogens (tertiary/aromatic N) is 2. The van der Waals surface area contributed by atoms with Crippen molar-refractivity contribution < 1.29 is 9.90 Å². The fraction of sp³-hybridized carbons (Fsp3) is 0.294. The third-order valence-corrected chi connectivity index (χ3v) is 4.01. The molecule has 0 saturated carbocycles. The van der Waals surface area contributed by atoms with E-state index in [4.69, 9.17) is 0 Å². The smallest absolute Gasteiger partial charge is 0.331 e. The Morgan fingerprint density at radius 2 is 2.05 bits per heavy atom. The molecule has 0 unspecified atom stereocenters. The second-order valence-electron chi connectivity index (χ2n) is 5.22. The van der Waals surface area contributed by atoms with E-state index in [1.807, 2.05) is 48.1 Å². The lowest BCUT2D eigenvalue weighted by Crippen LogP contribution is -2.11. The number of aromatic nitrogens is 2. The van der Waals surface area contributed by atoms with E-state index in [-0.39, 0.29) is 0 Å². The molecule has 4 heteroatoms. The van der Waals surface area contributed by atoms with Gasteiger partial charge in [-0.05, 0) is 43.4 Å². The summed E-state index contributed by atoms with van der Waals surface area (Å²) >= 11 is 0. The molecular formula is C17H18N2O2. The molecule has 0 radical (unpaired) electrons. The SMILES string of the molecule is CCC(C(=O)O)=C1CCCc2c1cnn2-c1ccccc1. The third kappa shape index (κ3) is 2.37. The Morgan fingerprint density at radius 1 is 1.29 bits per heavy atom. The van der Waals surface area contributed by atoms with Crippen LogP contribution in [0.2, 0.25) is 0 Å². The van der Waals surface area contributed by atoms with Crippen molar-refractivity contribution in [1.82, 2.24) is 9.78 Å². The van der Waals surface area contributed by atoms with Crippen molar-refractivity contribution in [2.75, 3.05) is 0 Å². The summed E-state index contributed by atoms with van der Waals surface area (Å²) in [6, 6.07) is 9.98. The topological polar surface area (TPSA) is 55.1 Å². The van der Waals surface area contributed by atoms with Gasteiger partial charge in [0, 0.05) is 11.1 Å². The van der Waals surface area contributed by atoms with E-state index in [1.54, 1.807) is 0 Å². The van der Waals surface area contributed by atoms with Crippen LogP contribution in [0.3, 0.4) is 0 Å². The van der Waals surface area contributed by atoms with Crippen LogP contribution < -0.4 is 0 Å². The zero-order chi connectivity index (χ0) is 14.8. The fourth-order valence-corrected chi connectivity index (χ4v) is 3.03. The molecule has 1 aromatic heterocycles. The van der Waals surface area contributed by atoms with Crippen LogP contribution in [0, 0.1) is 0 Å². The third-order valence-electron chi connectivity index (χ3n) is 4.01. The number of benzene rings is 1. The Balaban J connectivity index is 2.14. The first-order valence-corrected chi connectivity index (χ1v) is 7.30. The van der Waals surface area contributed by atoms with Gasteiger partial charge in [-0.2, -0.15) is 5.10 Å². The van der Waals surface area contributed by atoms with Crippen molar-refractivity contribution in [2.45, 2.75) is 32.6 Å². The molecule has 0 saturated heterocycles. The van der Waals surface area contributed by atoms with E-state index in [9.17, 15) is 9.90 Å². The van der Waals surface area contributed by atoms with Gasteiger partial charge in [0.15, 0.2) is 0 Å². The number of aliphatic carboxylic acids is 1. The lowest BCUT2D eigenvalue weighted by atomic mass is 9.88. The highest BCUT2D eigenvalue weighted by Crippen LogP contribution is 2.35. The van der Waals surface area contributed by atoms with Crippen molar-refractivity contribution in [2.24, 2.45) is 0 Å². The molecule has 1 aromatic carbocycles. The minimum absolute atomic E-state index is 0.517. The molecule has 0 atom stereocenters. The van der Waals surface area contributed by atoms with Gasteiger partial charge in [0.05, 0.1) is 17.6 Å². The maximum absolute atomic E-state index is 11.4. The quantitative estimate of drug-likeness (QED) is 0.877. The van der Waals surface area contributed by atoms with Crippen molar-refractivity contribution >= 4 is 11.5 Å². The van der Waals surface area contributed by atoms with Crippen LogP contribution in [-0.4, -0.2) is 20.9 Å². The minimum Gasteiger partial charge on any atom is -0.478 e. The molecule has 3 rings (SSSR count). The van der Waals surface area contributed by atoms with E-state index in [2.05, 4.69) is 5.10 Å². The van der Waals surface area contributed by atoms with Crippen molar-refractivity contribution in [3.63, 3.8) is 0 Å². The summed E-state index contributed by atoms with van der Waals surface area (Å²) < 4.78 is 1.93. The van der Waals surface area contributed by atoms with Crippen molar-refractivity contribution in [3.8, 4) is 5.69 Å². The zero-order valence-electron chi connectivity index (χ0n) is 12.0. The number of hydrogen-bond acceptors (Lipinski definition) is 2. The van der Waals surface area contributed by atoms with Gasteiger partial charge in [-0.1, -0.05) is 25.1 Å². The van der Waals surface area contributed by atoms with Gasteiger partial charge in [0.1, 0.15) is 0 Å². The number of hydrogen-bond donors (Lipinski definition) is 1. The molecule has 0 fully saturated rings. The Kier molecular flexibility index (Phi) is 3.60. The maximum atomic E-state index is 11.4. The summed E-state index contributed by atoms with van der Waals surface area (Å²) in [5, 5.41) is 13.9. The predicted molar refractivity (Wildman–Crippen MR) is 81.3 cm³/mol. The Labute approximate surface area is 123 Å². The Morgan fingerprint density at radius 3 is 2.71 bits per heavy atom. The molecule has 4 nitrogen and oxygen atoms in total. The minimum atomic E-state index is -0.812. The molecule has 108 valence electrons. The first kappa shape index (κ1) is 13.6. The molecule has 0 spiro atoms. The highest BCUT2D eigenvalue weighted by atomic mass is 16.4. The normalized spacial score (nSPS) is 16.4. The van der Waals surface area contributed by atoms with Crippen LogP contribution in [0.1, 0.15) is 37.4 Å². The molecule has 0 aliphatic heterocycles. The van der Waals surface area contributed by atoms with Crippen LogP contribution in [0.25, 0.3) is 11.3 Å². The number of carboxylic acids is 1. The van der Waals surface area contributed by atoms with Gasteiger partial charge < -0.3 is 5.11 Å². The summed E-state index contributed by atoms with van der Waals surface area (Å²) in [5.74, 6) is -0.812. The molecule has 1 aliphatic carbocycles. The summed E-state index contributed by atoms with van der Waals surface area (Å²) in [4.78, 5) is 11.4. The highest BCUT2D eigenvalue weighted by molar-refractivity contribution is 5.96. The number of para-hydroxylation sites is 1. The number of fused-ring (bicyclic) bond motifs is 1. The van der Waals surface area contributed by atoms with Crippen LogP contribution in [0.15, 0.2) is 42.1 Å². The number of carboxylic acid groups (broad SMARTS) is 1. The van der Waals surface area contributed by atoms with Crippen molar-refractivity contribution in [3.05, 3.63) is 53.4 Å². The summed E-state index contributed by atoms with van der Waals surface area (Å²) in [7, 11) is 0. The first-order valence-electron chi connectivity index (χ1n) is 7.30. The van der Waals surface area contributed by atoms with Gasteiger partial charge in [0.2, 0.25) is 0 Å². The van der Waals surface area contributed by atoms with Crippen LogP contribution in [-0.2, 0) is 11.2 Å². The standard InChI is InChI=1S/C17H18N2O2/c1-2-13(17(20)21)14-9-6-10-16-15(14)11-18-19(16)12-7-4-3-5-8-12/h3-5,7-8,11H,2,6,9-10H2,1H3,(H,20,21). The molecule has 0 amide bonds. The first-order chi connectivity index (χ1) is 10.2. The summed E-state index contributed by atoms with van der Waals surface area (Å²) in [6.45, 7) is 1.90. The molecule has 21 heavy (non-hydrogen) atoms. The Hall–Kier alpha value is -2.36. The Bertz CT molecular complexity index is 699. The number of allylic oxidation sites excluding steroid dienone is 1. The number of rotatable bonds is 3. The van der Waals surface area contributed by atoms with E-state index >= 15 is 0 Å². The monoisotopic (exact) mass is 282 g/mol.